The van der Waals surface area contributed by atoms with Gasteiger partial charge in [0.05, 0.1) is 4.92 Å². The summed E-state index contributed by atoms with van der Waals surface area (Å²) < 4.78 is 25.9. The van der Waals surface area contributed by atoms with Gasteiger partial charge in [0.25, 0.3) is 12.1 Å². The van der Waals surface area contributed by atoms with Gasteiger partial charge in [-0.2, -0.15) is 0 Å². The smallest absolute Gasteiger partial charge is 0.270 e. The standard InChI is InChI=1S/C13H18F2N2O2/c1-4-11(8(2)3)16-12-6-5-9(17(18)19)7-10(12)13(14)15/h5-8,11,13,16H,4H2,1-3H3. The third-order valence-electron chi connectivity index (χ3n) is 3.07. The first-order chi connectivity index (χ1) is 8.86. The van der Waals surface area contributed by atoms with Crippen molar-refractivity contribution in [1.82, 2.24) is 0 Å². The summed E-state index contributed by atoms with van der Waals surface area (Å²) in [6.07, 6.45) is -1.95. The first-order valence-electron chi connectivity index (χ1n) is 6.19. The van der Waals surface area contributed by atoms with Gasteiger partial charge in [0.1, 0.15) is 0 Å². The molecule has 0 radical (unpaired) electrons. The summed E-state index contributed by atoms with van der Waals surface area (Å²) in [5, 5.41) is 13.7. The van der Waals surface area contributed by atoms with Crippen molar-refractivity contribution in [2.24, 2.45) is 5.92 Å². The van der Waals surface area contributed by atoms with Crippen LogP contribution in [0.25, 0.3) is 0 Å². The Labute approximate surface area is 111 Å². The number of hydrogen-bond acceptors (Lipinski definition) is 3. The Balaban J connectivity index is 3.09. The molecule has 0 saturated carbocycles. The third kappa shape index (κ3) is 3.87. The maximum absolute atomic E-state index is 13.0. The number of hydrogen-bond donors (Lipinski definition) is 1. The lowest BCUT2D eigenvalue weighted by molar-refractivity contribution is -0.385. The number of non-ortho nitro benzene ring substituents is 1. The van der Waals surface area contributed by atoms with E-state index in [0.29, 0.717) is 0 Å². The van der Waals surface area contributed by atoms with E-state index in [-0.39, 0.29) is 28.9 Å². The summed E-state index contributed by atoms with van der Waals surface area (Å²) >= 11 is 0. The number of rotatable bonds is 6. The van der Waals surface area contributed by atoms with E-state index < -0.39 is 11.3 Å². The summed E-state index contributed by atoms with van der Waals surface area (Å²) in [4.78, 5) is 9.94. The van der Waals surface area contributed by atoms with Crippen LogP contribution in [0, 0.1) is 16.0 Å². The van der Waals surface area contributed by atoms with Crippen LogP contribution in [0.5, 0.6) is 0 Å². The number of anilines is 1. The zero-order valence-corrected chi connectivity index (χ0v) is 11.2. The maximum Gasteiger partial charge on any atom is 0.270 e. The van der Waals surface area contributed by atoms with E-state index in [2.05, 4.69) is 5.32 Å². The molecule has 4 nitrogen and oxygen atoms in total. The lowest BCUT2D eigenvalue weighted by Crippen LogP contribution is -2.25. The normalized spacial score (nSPS) is 12.8. The number of alkyl halides is 2. The van der Waals surface area contributed by atoms with Gasteiger partial charge < -0.3 is 5.32 Å². The number of halogens is 2. The highest BCUT2D eigenvalue weighted by Gasteiger charge is 2.20. The molecule has 1 unspecified atom stereocenters. The predicted molar refractivity (Wildman–Crippen MR) is 70.6 cm³/mol. The van der Waals surface area contributed by atoms with Gasteiger partial charge in [-0.25, -0.2) is 8.78 Å². The first-order valence-corrected chi connectivity index (χ1v) is 6.19. The Kier molecular flexibility index (Phi) is 5.20. The molecule has 1 N–H and O–H groups in total. The summed E-state index contributed by atoms with van der Waals surface area (Å²) in [6.45, 7) is 5.95. The van der Waals surface area contributed by atoms with Crippen molar-refractivity contribution in [3.63, 3.8) is 0 Å². The van der Waals surface area contributed by atoms with Crippen molar-refractivity contribution < 1.29 is 13.7 Å². The molecule has 6 heteroatoms. The van der Waals surface area contributed by atoms with Gasteiger partial charge in [0.2, 0.25) is 0 Å². The zero-order valence-electron chi connectivity index (χ0n) is 11.2. The van der Waals surface area contributed by atoms with Crippen LogP contribution in [0.15, 0.2) is 18.2 Å². The van der Waals surface area contributed by atoms with Gasteiger partial charge in [-0.1, -0.05) is 20.8 Å². The van der Waals surface area contributed by atoms with Gasteiger partial charge in [0, 0.05) is 29.4 Å². The van der Waals surface area contributed by atoms with Crippen molar-refractivity contribution in [3.05, 3.63) is 33.9 Å². The lowest BCUT2D eigenvalue weighted by atomic mass is 10.0. The molecule has 0 amide bonds. The van der Waals surface area contributed by atoms with Gasteiger partial charge in [-0.3, -0.25) is 10.1 Å². The zero-order chi connectivity index (χ0) is 14.6. The Bertz CT molecular complexity index is 450. The Hall–Kier alpha value is -1.72. The highest BCUT2D eigenvalue weighted by Crippen LogP contribution is 2.31. The van der Waals surface area contributed by atoms with Crippen molar-refractivity contribution in [2.75, 3.05) is 5.32 Å². The van der Waals surface area contributed by atoms with Crippen LogP contribution >= 0.6 is 0 Å². The fourth-order valence-corrected chi connectivity index (χ4v) is 1.92. The van der Waals surface area contributed by atoms with E-state index >= 15 is 0 Å². The number of nitro groups is 1. The molecule has 0 spiro atoms. The van der Waals surface area contributed by atoms with Crippen LogP contribution in [0.2, 0.25) is 0 Å². The molecule has 0 aliphatic rings. The molecule has 0 aromatic heterocycles. The average molecular weight is 272 g/mol. The molecule has 0 bridgehead atoms. The summed E-state index contributed by atoms with van der Waals surface area (Å²) in [5.74, 6) is 0.283. The van der Waals surface area contributed by atoms with Gasteiger partial charge >= 0.3 is 0 Å². The molecule has 0 heterocycles. The average Bonchev–Trinajstić information content (AvgIpc) is 2.35. The van der Waals surface area contributed by atoms with Crippen LogP contribution in [0.3, 0.4) is 0 Å². The van der Waals surface area contributed by atoms with E-state index in [0.717, 1.165) is 12.5 Å². The summed E-state index contributed by atoms with van der Waals surface area (Å²) in [7, 11) is 0. The molecule has 1 rings (SSSR count). The highest BCUT2D eigenvalue weighted by molar-refractivity contribution is 5.57. The van der Waals surface area contributed by atoms with Gasteiger partial charge in [0.15, 0.2) is 0 Å². The first kappa shape index (κ1) is 15.3. The minimum atomic E-state index is -2.74. The second-order valence-corrected chi connectivity index (χ2v) is 4.73. The maximum atomic E-state index is 13.0. The van der Waals surface area contributed by atoms with Crippen LogP contribution in [0.1, 0.15) is 39.2 Å². The Morgan fingerprint density at radius 2 is 2.00 bits per heavy atom. The van der Waals surface area contributed by atoms with E-state index in [9.17, 15) is 18.9 Å². The van der Waals surface area contributed by atoms with Crippen molar-refractivity contribution in [3.8, 4) is 0 Å². The highest BCUT2D eigenvalue weighted by atomic mass is 19.3. The van der Waals surface area contributed by atoms with Crippen molar-refractivity contribution in [1.29, 1.82) is 0 Å². The number of benzene rings is 1. The minimum absolute atomic E-state index is 0.0546. The fraction of sp³-hybridized carbons (Fsp3) is 0.538. The van der Waals surface area contributed by atoms with E-state index in [4.69, 9.17) is 0 Å². The van der Waals surface area contributed by atoms with Crippen LogP contribution in [-0.2, 0) is 0 Å². The second-order valence-electron chi connectivity index (χ2n) is 4.73. The molecule has 0 aliphatic heterocycles. The molecule has 106 valence electrons. The molecule has 1 aromatic carbocycles. The fourth-order valence-electron chi connectivity index (χ4n) is 1.92. The van der Waals surface area contributed by atoms with Crippen LogP contribution in [0.4, 0.5) is 20.2 Å². The molecule has 0 aliphatic carbocycles. The second kappa shape index (κ2) is 6.45. The topological polar surface area (TPSA) is 55.2 Å². The SMILES string of the molecule is CCC(Nc1ccc([N+](=O)[O-])cc1C(F)F)C(C)C. The molecule has 1 atom stereocenters. The molecular weight excluding hydrogens is 254 g/mol. The lowest BCUT2D eigenvalue weighted by Gasteiger charge is -2.23. The third-order valence-corrected chi connectivity index (χ3v) is 3.07. The van der Waals surface area contributed by atoms with E-state index in [1.165, 1.54) is 12.1 Å². The minimum Gasteiger partial charge on any atom is -0.382 e. The summed E-state index contributed by atoms with van der Waals surface area (Å²) in [5.41, 5.74) is -0.382. The molecule has 0 fully saturated rings. The molecule has 19 heavy (non-hydrogen) atoms. The monoisotopic (exact) mass is 272 g/mol. The Morgan fingerprint density at radius 1 is 1.37 bits per heavy atom. The van der Waals surface area contributed by atoms with Crippen LogP contribution in [-0.4, -0.2) is 11.0 Å². The summed E-state index contributed by atoms with van der Waals surface area (Å²) in [6, 6.07) is 3.57. The Morgan fingerprint density at radius 3 is 2.42 bits per heavy atom. The van der Waals surface area contributed by atoms with Crippen molar-refractivity contribution >= 4 is 11.4 Å². The molecule has 1 aromatic rings. The molecular formula is C13H18F2N2O2. The van der Waals surface area contributed by atoms with E-state index in [1.54, 1.807) is 0 Å². The van der Waals surface area contributed by atoms with E-state index in [1.807, 2.05) is 20.8 Å². The largest absolute Gasteiger partial charge is 0.382 e. The number of nitrogens with zero attached hydrogens (tertiary/aromatic N) is 1. The number of nitrogens with one attached hydrogen (secondary N) is 1. The van der Waals surface area contributed by atoms with Crippen LogP contribution < -0.4 is 5.32 Å². The molecule has 0 saturated heterocycles. The number of nitro benzene ring substituents is 1. The van der Waals surface area contributed by atoms with Crippen molar-refractivity contribution in [2.45, 2.75) is 39.7 Å². The van der Waals surface area contributed by atoms with Gasteiger partial charge in [-0.15, -0.1) is 0 Å². The van der Waals surface area contributed by atoms with Gasteiger partial charge in [-0.05, 0) is 18.4 Å². The quantitative estimate of drug-likeness (QED) is 0.617. The predicted octanol–water partition coefficient (Wildman–Crippen LogP) is 4.38.